The summed E-state index contributed by atoms with van der Waals surface area (Å²) in [6.45, 7) is 16.7. The van der Waals surface area contributed by atoms with Crippen molar-refractivity contribution in [3.8, 4) is 11.5 Å². The molecule has 2 rings (SSSR count). The molecule has 0 aliphatic heterocycles. The molecule has 188 valence electrons. The van der Waals surface area contributed by atoms with Gasteiger partial charge in [-0.05, 0) is 73.4 Å². The minimum atomic E-state index is -0.837. The SMILES string of the molecule is CCOC(=O)COc1ccc(C(CC)(CC)c2ccc(O[C@@H](O)CC(C)(C)C)c(C)c2)cc1C. The summed E-state index contributed by atoms with van der Waals surface area (Å²) >= 11 is 0. The van der Waals surface area contributed by atoms with Gasteiger partial charge in [0.15, 0.2) is 12.9 Å². The number of rotatable bonds is 11. The first-order valence-electron chi connectivity index (χ1n) is 12.3. The van der Waals surface area contributed by atoms with E-state index < -0.39 is 6.29 Å². The molecule has 0 bridgehead atoms. The molecule has 0 saturated carbocycles. The lowest BCUT2D eigenvalue weighted by Crippen LogP contribution is -2.27. The maximum atomic E-state index is 11.7. The molecule has 0 saturated heterocycles. The van der Waals surface area contributed by atoms with Crippen molar-refractivity contribution in [3.63, 3.8) is 0 Å². The van der Waals surface area contributed by atoms with Crippen LogP contribution in [0.15, 0.2) is 36.4 Å². The number of ether oxygens (including phenoxy) is 3. The molecule has 2 aromatic carbocycles. The Morgan fingerprint density at radius 2 is 1.44 bits per heavy atom. The van der Waals surface area contributed by atoms with Gasteiger partial charge in [0.05, 0.1) is 6.61 Å². The predicted octanol–water partition coefficient (Wildman–Crippen LogP) is 6.48. The van der Waals surface area contributed by atoms with Crippen LogP contribution in [0.4, 0.5) is 0 Å². The van der Waals surface area contributed by atoms with Crippen LogP contribution in [-0.2, 0) is 14.9 Å². The van der Waals surface area contributed by atoms with Gasteiger partial charge in [-0.1, -0.05) is 58.9 Å². The molecule has 0 spiro atoms. The van der Waals surface area contributed by atoms with Gasteiger partial charge in [0, 0.05) is 11.8 Å². The molecule has 0 heterocycles. The highest BCUT2D eigenvalue weighted by molar-refractivity contribution is 5.71. The van der Waals surface area contributed by atoms with E-state index in [-0.39, 0.29) is 23.4 Å². The van der Waals surface area contributed by atoms with Crippen LogP contribution < -0.4 is 9.47 Å². The van der Waals surface area contributed by atoms with E-state index in [0.29, 0.717) is 24.5 Å². The molecule has 0 unspecified atom stereocenters. The van der Waals surface area contributed by atoms with Crippen molar-refractivity contribution in [1.29, 1.82) is 0 Å². The van der Waals surface area contributed by atoms with Crippen LogP contribution in [-0.4, -0.2) is 30.6 Å². The van der Waals surface area contributed by atoms with Gasteiger partial charge in [-0.3, -0.25) is 0 Å². The molecule has 0 radical (unpaired) electrons. The summed E-state index contributed by atoms with van der Waals surface area (Å²) in [7, 11) is 0. The largest absolute Gasteiger partial charge is 0.482 e. The molecule has 0 aromatic heterocycles. The Hall–Kier alpha value is -2.53. The van der Waals surface area contributed by atoms with Crippen molar-refractivity contribution in [1.82, 2.24) is 0 Å². The minimum absolute atomic E-state index is 0.0170. The van der Waals surface area contributed by atoms with Gasteiger partial charge >= 0.3 is 5.97 Å². The Balaban J connectivity index is 2.31. The Morgan fingerprint density at radius 3 is 1.88 bits per heavy atom. The standard InChI is InChI=1S/C29H42O5/c1-9-29(10-2,22-12-14-24(20(4)16-22)33-19-27(31)32-11-3)23-13-15-25(21(5)17-23)34-26(30)18-28(6,7)8/h12-17,26,30H,9-11,18-19H2,1-8H3/t26-/m1/s1. The molecule has 1 N–H and O–H groups in total. The quantitative estimate of drug-likeness (QED) is 0.301. The first-order valence-corrected chi connectivity index (χ1v) is 12.3. The maximum absolute atomic E-state index is 11.7. The number of benzene rings is 2. The average Bonchev–Trinajstić information content (AvgIpc) is 2.75. The van der Waals surface area contributed by atoms with Crippen molar-refractivity contribution in [3.05, 3.63) is 58.7 Å². The number of carbonyl (C=O) groups excluding carboxylic acids is 1. The van der Waals surface area contributed by atoms with E-state index in [1.807, 2.05) is 26.0 Å². The third kappa shape index (κ3) is 6.99. The monoisotopic (exact) mass is 470 g/mol. The lowest BCUT2D eigenvalue weighted by molar-refractivity contribution is -0.145. The predicted molar refractivity (Wildman–Crippen MR) is 137 cm³/mol. The van der Waals surface area contributed by atoms with Gasteiger partial charge in [-0.2, -0.15) is 0 Å². The number of hydrogen-bond acceptors (Lipinski definition) is 5. The Labute approximate surface area is 205 Å². The molecule has 5 heteroatoms. The van der Waals surface area contributed by atoms with E-state index in [0.717, 1.165) is 24.0 Å². The highest BCUT2D eigenvalue weighted by atomic mass is 16.6. The van der Waals surface area contributed by atoms with Crippen LogP contribution in [0.25, 0.3) is 0 Å². The van der Waals surface area contributed by atoms with Gasteiger partial charge in [-0.25, -0.2) is 4.79 Å². The molecule has 1 atom stereocenters. The number of aryl methyl sites for hydroxylation is 2. The summed E-state index contributed by atoms with van der Waals surface area (Å²) in [5.74, 6) is 1.03. The smallest absolute Gasteiger partial charge is 0.344 e. The molecule has 34 heavy (non-hydrogen) atoms. The van der Waals surface area contributed by atoms with Gasteiger partial charge in [0.1, 0.15) is 11.5 Å². The van der Waals surface area contributed by atoms with E-state index in [9.17, 15) is 9.90 Å². The third-order valence-corrected chi connectivity index (χ3v) is 6.36. The average molecular weight is 471 g/mol. The molecular formula is C29H42O5. The van der Waals surface area contributed by atoms with Crippen LogP contribution >= 0.6 is 0 Å². The molecule has 0 aliphatic rings. The fourth-order valence-corrected chi connectivity index (χ4v) is 4.47. The molecule has 0 amide bonds. The molecule has 0 fully saturated rings. The van der Waals surface area contributed by atoms with E-state index in [1.54, 1.807) is 6.92 Å². The number of hydrogen-bond donors (Lipinski definition) is 1. The molecule has 5 nitrogen and oxygen atoms in total. The second-order valence-corrected chi connectivity index (χ2v) is 10.2. The molecular weight excluding hydrogens is 428 g/mol. The van der Waals surface area contributed by atoms with Crippen LogP contribution in [0.1, 0.15) is 83.1 Å². The number of esters is 1. The van der Waals surface area contributed by atoms with E-state index in [4.69, 9.17) is 14.2 Å². The van der Waals surface area contributed by atoms with Gasteiger partial charge in [-0.15, -0.1) is 0 Å². The van der Waals surface area contributed by atoms with Gasteiger partial charge < -0.3 is 19.3 Å². The van der Waals surface area contributed by atoms with Crippen molar-refractivity contribution >= 4 is 5.97 Å². The van der Waals surface area contributed by atoms with Crippen molar-refractivity contribution in [2.24, 2.45) is 5.41 Å². The second-order valence-electron chi connectivity index (χ2n) is 10.2. The lowest BCUT2D eigenvalue weighted by Gasteiger charge is -2.34. The molecule has 0 aliphatic carbocycles. The normalized spacial score (nSPS) is 12.9. The Morgan fingerprint density at radius 1 is 0.912 bits per heavy atom. The summed E-state index contributed by atoms with van der Waals surface area (Å²) in [5, 5.41) is 10.4. The fraction of sp³-hybridized carbons (Fsp3) is 0.552. The first kappa shape index (κ1) is 27.7. The van der Waals surface area contributed by atoms with Gasteiger partial charge in [0.25, 0.3) is 0 Å². The molecule has 2 aromatic rings. The highest BCUT2D eigenvalue weighted by Crippen LogP contribution is 2.41. The lowest BCUT2D eigenvalue weighted by atomic mass is 9.70. The first-order chi connectivity index (χ1) is 16.0. The van der Waals surface area contributed by atoms with E-state index in [1.165, 1.54) is 11.1 Å². The minimum Gasteiger partial charge on any atom is -0.482 e. The fourth-order valence-electron chi connectivity index (χ4n) is 4.47. The zero-order valence-electron chi connectivity index (χ0n) is 22.2. The van der Waals surface area contributed by atoms with Crippen molar-refractivity contribution in [2.75, 3.05) is 13.2 Å². The van der Waals surface area contributed by atoms with Crippen molar-refractivity contribution in [2.45, 2.75) is 86.4 Å². The van der Waals surface area contributed by atoms with Crippen LogP contribution in [0.3, 0.4) is 0 Å². The highest BCUT2D eigenvalue weighted by Gasteiger charge is 2.32. The zero-order chi connectivity index (χ0) is 25.5. The number of aliphatic hydroxyl groups is 1. The second kappa shape index (κ2) is 11.7. The van der Waals surface area contributed by atoms with E-state index >= 15 is 0 Å². The van der Waals surface area contributed by atoms with Crippen LogP contribution in [0.2, 0.25) is 0 Å². The summed E-state index contributed by atoms with van der Waals surface area (Å²) < 4.78 is 16.5. The third-order valence-electron chi connectivity index (χ3n) is 6.36. The number of carbonyl (C=O) groups is 1. The summed E-state index contributed by atoms with van der Waals surface area (Å²) in [5.41, 5.74) is 4.22. The van der Waals surface area contributed by atoms with Crippen LogP contribution in [0.5, 0.6) is 11.5 Å². The van der Waals surface area contributed by atoms with Gasteiger partial charge in [0.2, 0.25) is 0 Å². The van der Waals surface area contributed by atoms with Crippen LogP contribution in [0, 0.1) is 19.3 Å². The summed E-state index contributed by atoms with van der Waals surface area (Å²) in [6.07, 6.45) is 1.58. The topological polar surface area (TPSA) is 65.0 Å². The van der Waals surface area contributed by atoms with E-state index in [2.05, 4.69) is 58.9 Å². The number of aliphatic hydroxyl groups excluding tert-OH is 1. The summed E-state index contributed by atoms with van der Waals surface area (Å²) in [4.78, 5) is 11.7. The Bertz CT molecular complexity index is 953. The maximum Gasteiger partial charge on any atom is 0.344 e. The Kier molecular flexibility index (Phi) is 9.57. The summed E-state index contributed by atoms with van der Waals surface area (Å²) in [6, 6.07) is 12.4. The van der Waals surface area contributed by atoms with Crippen molar-refractivity contribution < 1.29 is 24.1 Å². The zero-order valence-corrected chi connectivity index (χ0v) is 22.2.